The molecule has 8 heteroatoms. The van der Waals surface area contributed by atoms with Crippen LogP contribution in [0.25, 0.3) is 16.5 Å². The number of halogens is 3. The summed E-state index contributed by atoms with van der Waals surface area (Å²) in [7, 11) is 0. The molecule has 2 N–H and O–H groups in total. The Balaban J connectivity index is 1.61. The number of H-pyrrole nitrogens is 1. The molecular formula is C28H24F3N3O2. The quantitative estimate of drug-likeness (QED) is 0.216. The summed E-state index contributed by atoms with van der Waals surface area (Å²) < 4.78 is 44.8. The Morgan fingerprint density at radius 1 is 1.00 bits per heavy atom. The van der Waals surface area contributed by atoms with E-state index in [2.05, 4.69) is 15.5 Å². The van der Waals surface area contributed by atoms with Crippen LogP contribution in [-0.2, 0) is 11.0 Å². The molecule has 0 bridgehead atoms. The Kier molecular flexibility index (Phi) is 7.24. The molecule has 3 aromatic carbocycles. The number of amides is 1. The van der Waals surface area contributed by atoms with Crippen molar-refractivity contribution in [3.05, 3.63) is 108 Å². The minimum absolute atomic E-state index is 0.00937. The Hall–Kier alpha value is -4.33. The highest BCUT2D eigenvalue weighted by atomic mass is 19.4. The fraction of sp³-hybridized carbons (Fsp3) is 0.143. The first-order valence-corrected chi connectivity index (χ1v) is 11.3. The van der Waals surface area contributed by atoms with Crippen molar-refractivity contribution in [3.8, 4) is 5.75 Å². The molecule has 184 valence electrons. The van der Waals surface area contributed by atoms with Crippen molar-refractivity contribution in [3.63, 3.8) is 0 Å². The van der Waals surface area contributed by atoms with Crippen molar-refractivity contribution < 1.29 is 22.7 Å². The van der Waals surface area contributed by atoms with Gasteiger partial charge in [0.1, 0.15) is 5.75 Å². The molecule has 0 unspecified atom stereocenters. The van der Waals surface area contributed by atoms with Gasteiger partial charge in [-0.3, -0.25) is 9.89 Å². The number of hydrogen-bond donors (Lipinski definition) is 2. The number of rotatable bonds is 7. The fourth-order valence-electron chi connectivity index (χ4n) is 3.67. The van der Waals surface area contributed by atoms with Crippen molar-refractivity contribution in [2.75, 3.05) is 5.32 Å². The molecule has 0 radical (unpaired) electrons. The zero-order chi connectivity index (χ0) is 25.7. The largest absolute Gasteiger partial charge is 0.491 e. The number of nitrogens with zero attached hydrogens (tertiary/aromatic N) is 1. The second-order valence-corrected chi connectivity index (χ2v) is 8.33. The number of nitrogens with one attached hydrogen (secondary N) is 2. The first kappa shape index (κ1) is 24.8. The summed E-state index contributed by atoms with van der Waals surface area (Å²) in [5, 5.41) is 10.4. The number of fused-ring (bicyclic) bond motifs is 1. The van der Waals surface area contributed by atoms with E-state index < -0.39 is 11.7 Å². The van der Waals surface area contributed by atoms with Gasteiger partial charge in [-0.05, 0) is 66.9 Å². The summed E-state index contributed by atoms with van der Waals surface area (Å²) in [5.74, 6) is 0.330. The highest BCUT2D eigenvalue weighted by Gasteiger charge is 2.30. The van der Waals surface area contributed by atoms with Crippen LogP contribution in [0.15, 0.2) is 91.2 Å². The minimum atomic E-state index is -4.42. The molecule has 0 atom stereocenters. The molecule has 36 heavy (non-hydrogen) atoms. The van der Waals surface area contributed by atoms with Crippen LogP contribution in [0, 0.1) is 0 Å². The monoisotopic (exact) mass is 491 g/mol. The number of ether oxygens (including phenoxy) is 1. The molecule has 1 aromatic heterocycles. The molecule has 4 aromatic rings. The smallest absolute Gasteiger partial charge is 0.416 e. The lowest BCUT2D eigenvalue weighted by Gasteiger charge is -2.13. The maximum absolute atomic E-state index is 13.0. The zero-order valence-electron chi connectivity index (χ0n) is 19.6. The summed E-state index contributed by atoms with van der Waals surface area (Å²) in [6.45, 7) is 3.84. The van der Waals surface area contributed by atoms with E-state index in [0.29, 0.717) is 22.6 Å². The lowest BCUT2D eigenvalue weighted by atomic mass is 9.96. The summed E-state index contributed by atoms with van der Waals surface area (Å²) >= 11 is 0. The molecule has 0 aliphatic heterocycles. The predicted octanol–water partition coefficient (Wildman–Crippen LogP) is 7.00. The van der Waals surface area contributed by atoms with Gasteiger partial charge in [-0.25, -0.2) is 0 Å². The van der Waals surface area contributed by atoms with E-state index in [0.717, 1.165) is 28.6 Å². The third-order valence-electron chi connectivity index (χ3n) is 5.31. The molecule has 0 saturated heterocycles. The predicted molar refractivity (Wildman–Crippen MR) is 135 cm³/mol. The number of carbonyl (C=O) groups is 1. The number of benzene rings is 3. The van der Waals surface area contributed by atoms with Gasteiger partial charge in [-0.1, -0.05) is 42.5 Å². The number of hydrogen-bond acceptors (Lipinski definition) is 3. The van der Waals surface area contributed by atoms with Gasteiger partial charge in [-0.2, -0.15) is 18.3 Å². The molecule has 1 heterocycles. The van der Waals surface area contributed by atoms with Crippen molar-refractivity contribution in [1.82, 2.24) is 10.2 Å². The number of anilines is 1. The third kappa shape index (κ3) is 6.02. The van der Waals surface area contributed by atoms with Crippen molar-refractivity contribution >= 4 is 28.1 Å². The van der Waals surface area contributed by atoms with Crippen LogP contribution in [0.4, 0.5) is 18.9 Å². The Morgan fingerprint density at radius 2 is 1.67 bits per heavy atom. The maximum Gasteiger partial charge on any atom is 0.416 e. The summed E-state index contributed by atoms with van der Waals surface area (Å²) in [6.07, 6.45) is 1.84. The average molecular weight is 492 g/mol. The molecule has 0 aliphatic carbocycles. The number of carbonyl (C=O) groups excluding carboxylic acids is 1. The Bertz CT molecular complexity index is 1400. The number of aromatic nitrogens is 2. The average Bonchev–Trinajstić information content (AvgIpc) is 3.32. The molecule has 0 fully saturated rings. The number of aromatic amines is 1. The van der Waals surface area contributed by atoms with Gasteiger partial charge in [0.25, 0.3) is 0 Å². The second kappa shape index (κ2) is 10.5. The zero-order valence-corrected chi connectivity index (χ0v) is 19.6. The van der Waals surface area contributed by atoms with Gasteiger partial charge in [-0.15, -0.1) is 0 Å². The summed E-state index contributed by atoms with van der Waals surface area (Å²) in [6, 6.07) is 17.6. The first-order valence-electron chi connectivity index (χ1n) is 11.3. The van der Waals surface area contributed by atoms with E-state index in [1.807, 2.05) is 32.0 Å². The normalized spacial score (nSPS) is 12.4. The van der Waals surface area contributed by atoms with Crippen molar-refractivity contribution in [2.45, 2.75) is 26.1 Å². The SMILES string of the molecule is CC(C)Oc1ccc(/C(=C\C=C\C(=O)Nc2cccc3[nH]ncc23)c2ccc(C(F)(F)F)cc2)cc1. The highest BCUT2D eigenvalue weighted by molar-refractivity contribution is 6.05. The van der Waals surface area contributed by atoms with E-state index in [-0.39, 0.29) is 12.0 Å². The molecule has 4 rings (SSSR count). The molecule has 0 saturated carbocycles. The standard InChI is InChI=1S/C28H24F3N3O2/c1-18(2)36-22-15-11-20(12-16-22)23(19-9-13-21(14-10-19)28(29,30)31)5-3-8-27(35)33-25-6-4-7-26-24(25)17-32-34-26/h3-18H,1-2H3,(H,32,34)(H,33,35)/b8-3+,23-5-. The van der Waals surface area contributed by atoms with Gasteiger partial charge in [0.05, 0.1) is 29.1 Å². The first-order chi connectivity index (χ1) is 17.2. The van der Waals surface area contributed by atoms with Crippen LogP contribution in [0.1, 0.15) is 30.5 Å². The number of alkyl halides is 3. The van der Waals surface area contributed by atoms with Crippen molar-refractivity contribution in [2.24, 2.45) is 0 Å². The van der Waals surface area contributed by atoms with E-state index in [9.17, 15) is 18.0 Å². The number of allylic oxidation sites excluding steroid dienone is 2. The highest BCUT2D eigenvalue weighted by Crippen LogP contribution is 2.32. The Morgan fingerprint density at radius 3 is 2.31 bits per heavy atom. The lowest BCUT2D eigenvalue weighted by molar-refractivity contribution is -0.137. The van der Waals surface area contributed by atoms with E-state index >= 15 is 0 Å². The van der Waals surface area contributed by atoms with Crippen LogP contribution in [0.2, 0.25) is 0 Å². The van der Waals surface area contributed by atoms with Crippen molar-refractivity contribution in [1.29, 1.82) is 0 Å². The summed E-state index contributed by atoms with van der Waals surface area (Å²) in [4.78, 5) is 12.5. The summed E-state index contributed by atoms with van der Waals surface area (Å²) in [5.41, 5.74) is 2.68. The molecular weight excluding hydrogens is 467 g/mol. The van der Waals surface area contributed by atoms with E-state index in [4.69, 9.17) is 4.74 Å². The van der Waals surface area contributed by atoms with Crippen LogP contribution in [0.5, 0.6) is 5.75 Å². The molecule has 5 nitrogen and oxygen atoms in total. The molecule has 0 aliphatic rings. The lowest BCUT2D eigenvalue weighted by Crippen LogP contribution is -2.07. The third-order valence-corrected chi connectivity index (χ3v) is 5.31. The van der Waals surface area contributed by atoms with E-state index in [1.165, 1.54) is 18.2 Å². The maximum atomic E-state index is 13.0. The van der Waals surface area contributed by atoms with Gasteiger partial charge in [0, 0.05) is 11.5 Å². The molecule has 0 spiro atoms. The van der Waals surface area contributed by atoms with Crippen LogP contribution in [-0.4, -0.2) is 22.2 Å². The second-order valence-electron chi connectivity index (χ2n) is 8.33. The Labute approximate surface area is 206 Å². The minimum Gasteiger partial charge on any atom is -0.491 e. The fourth-order valence-corrected chi connectivity index (χ4v) is 3.67. The van der Waals surface area contributed by atoms with Crippen LogP contribution < -0.4 is 10.1 Å². The van der Waals surface area contributed by atoms with Gasteiger partial charge in [0.15, 0.2) is 0 Å². The van der Waals surface area contributed by atoms with Crippen LogP contribution in [0.3, 0.4) is 0 Å². The van der Waals surface area contributed by atoms with Crippen LogP contribution >= 0.6 is 0 Å². The molecule has 1 amide bonds. The topological polar surface area (TPSA) is 67.0 Å². The van der Waals surface area contributed by atoms with Gasteiger partial charge >= 0.3 is 6.18 Å². The van der Waals surface area contributed by atoms with Gasteiger partial charge in [0.2, 0.25) is 5.91 Å². The van der Waals surface area contributed by atoms with Gasteiger partial charge < -0.3 is 10.1 Å². The van der Waals surface area contributed by atoms with E-state index in [1.54, 1.807) is 42.6 Å².